The van der Waals surface area contributed by atoms with Crippen molar-refractivity contribution in [2.75, 3.05) is 42.3 Å². The minimum absolute atomic E-state index is 0.0174. The third-order valence-electron chi connectivity index (χ3n) is 6.19. The highest BCUT2D eigenvalue weighted by Crippen LogP contribution is 2.21. The van der Waals surface area contributed by atoms with E-state index in [1.165, 1.54) is 4.90 Å². The fraction of sp³-hybridized carbons (Fsp3) is 0.433. The number of carbonyl (C=O) groups is 2. The van der Waals surface area contributed by atoms with Crippen LogP contribution in [0.25, 0.3) is 0 Å². The van der Waals surface area contributed by atoms with E-state index >= 15 is 0 Å². The number of hydrogen-bond donors (Lipinski definition) is 4. The molecule has 0 aliphatic heterocycles. The lowest BCUT2D eigenvalue weighted by atomic mass is 10.1. The summed E-state index contributed by atoms with van der Waals surface area (Å²) in [5.74, 6) is 0.267. The molecule has 250 valence electrons. The quantitative estimate of drug-likeness (QED) is 0.0994. The minimum atomic E-state index is -4.59. The molecule has 3 rings (SSSR count). The topological polar surface area (TPSA) is 151 Å². The summed E-state index contributed by atoms with van der Waals surface area (Å²) in [6.07, 6.45) is -4.32. The number of anilines is 3. The summed E-state index contributed by atoms with van der Waals surface area (Å²) in [7, 11) is 0. The van der Waals surface area contributed by atoms with Crippen molar-refractivity contribution < 1.29 is 37.3 Å². The van der Waals surface area contributed by atoms with Gasteiger partial charge >= 0.3 is 18.3 Å². The Morgan fingerprint density at radius 1 is 0.935 bits per heavy atom. The van der Waals surface area contributed by atoms with Crippen molar-refractivity contribution in [1.82, 2.24) is 25.2 Å². The van der Waals surface area contributed by atoms with Gasteiger partial charge in [-0.1, -0.05) is 28.1 Å². The van der Waals surface area contributed by atoms with Gasteiger partial charge in [-0.3, -0.25) is 4.79 Å². The highest BCUT2D eigenvalue weighted by molar-refractivity contribution is 9.09. The summed E-state index contributed by atoms with van der Waals surface area (Å²) in [5.41, 5.74) is 1.09. The van der Waals surface area contributed by atoms with E-state index in [1.807, 2.05) is 24.3 Å². The predicted molar refractivity (Wildman–Crippen MR) is 170 cm³/mol. The number of carbonyl (C=O) groups excluding carboxylic acids is 1. The lowest BCUT2D eigenvalue weighted by molar-refractivity contribution is -0.154. The van der Waals surface area contributed by atoms with Crippen molar-refractivity contribution in [3.63, 3.8) is 0 Å². The van der Waals surface area contributed by atoms with Crippen LogP contribution in [0.4, 0.5) is 35.5 Å². The van der Waals surface area contributed by atoms with E-state index in [9.17, 15) is 27.9 Å². The number of carboxylic acid groups (broad SMARTS) is 1. The number of amides is 2. The molecule has 4 N–H and O–H groups in total. The molecule has 1 heterocycles. The molecule has 16 heteroatoms. The van der Waals surface area contributed by atoms with E-state index in [4.69, 9.17) is 9.47 Å². The molecular formula is C30H37BrF3N7O5. The number of hydrogen-bond acceptors (Lipinski definition) is 9. The Bertz CT molecular complexity index is 1420. The van der Waals surface area contributed by atoms with Crippen LogP contribution in [-0.4, -0.2) is 80.3 Å². The van der Waals surface area contributed by atoms with Gasteiger partial charge < -0.3 is 35.4 Å². The molecule has 0 saturated heterocycles. The fourth-order valence-electron chi connectivity index (χ4n) is 3.92. The number of nitrogens with zero attached hydrogens (tertiary/aromatic N) is 4. The number of ether oxygens (including phenoxy) is 2. The molecule has 2 aromatic carbocycles. The molecule has 0 spiro atoms. The Kier molecular flexibility index (Phi) is 13.2. The molecule has 2 amide bonds. The van der Waals surface area contributed by atoms with Crippen LogP contribution >= 0.6 is 15.9 Å². The normalized spacial score (nSPS) is 11.5. The lowest BCUT2D eigenvalue weighted by Crippen LogP contribution is -2.46. The smallest absolute Gasteiger partial charge is 0.422 e. The number of rotatable bonds is 16. The van der Waals surface area contributed by atoms with Gasteiger partial charge in [-0.25, -0.2) is 4.79 Å². The van der Waals surface area contributed by atoms with E-state index in [2.05, 4.69) is 46.8 Å². The zero-order valence-electron chi connectivity index (χ0n) is 25.7. The summed E-state index contributed by atoms with van der Waals surface area (Å²) in [4.78, 5) is 37.5. The van der Waals surface area contributed by atoms with E-state index in [1.54, 1.807) is 45.0 Å². The van der Waals surface area contributed by atoms with Crippen LogP contribution in [0.3, 0.4) is 0 Å². The van der Waals surface area contributed by atoms with Crippen molar-refractivity contribution in [2.45, 2.75) is 51.9 Å². The molecule has 0 radical (unpaired) electrons. The Labute approximate surface area is 273 Å². The van der Waals surface area contributed by atoms with Gasteiger partial charge in [0.15, 0.2) is 6.61 Å². The number of aromatic nitrogens is 3. The summed E-state index contributed by atoms with van der Waals surface area (Å²) in [6.45, 7) is 5.18. The fourth-order valence-corrected chi connectivity index (χ4v) is 4.15. The maximum absolute atomic E-state index is 12.8. The largest absolute Gasteiger partial charge is 0.494 e. The van der Waals surface area contributed by atoms with Gasteiger partial charge in [0.25, 0.3) is 5.91 Å². The Morgan fingerprint density at radius 2 is 1.61 bits per heavy atom. The van der Waals surface area contributed by atoms with Crippen LogP contribution in [0.15, 0.2) is 48.5 Å². The first-order valence-electron chi connectivity index (χ1n) is 14.4. The molecule has 46 heavy (non-hydrogen) atoms. The maximum atomic E-state index is 12.8. The van der Waals surface area contributed by atoms with Gasteiger partial charge in [-0.15, -0.1) is 0 Å². The van der Waals surface area contributed by atoms with Crippen LogP contribution in [0.1, 0.15) is 49.5 Å². The predicted octanol–water partition coefficient (Wildman–Crippen LogP) is 6.23. The van der Waals surface area contributed by atoms with E-state index in [-0.39, 0.29) is 37.4 Å². The summed E-state index contributed by atoms with van der Waals surface area (Å²) in [6, 6.07) is 13.0. The van der Waals surface area contributed by atoms with E-state index < -0.39 is 30.4 Å². The third-order valence-corrected chi connectivity index (χ3v) is 6.75. The van der Waals surface area contributed by atoms with E-state index in [0.717, 1.165) is 17.3 Å². The average Bonchev–Trinajstić information content (AvgIpc) is 2.98. The second kappa shape index (κ2) is 16.8. The van der Waals surface area contributed by atoms with Crippen molar-refractivity contribution in [2.24, 2.45) is 0 Å². The molecule has 0 aliphatic carbocycles. The summed E-state index contributed by atoms with van der Waals surface area (Å²) in [5, 5.41) is 18.8. The Balaban J connectivity index is 1.62. The van der Waals surface area contributed by atoms with Crippen molar-refractivity contribution in [3.05, 3.63) is 59.7 Å². The molecule has 3 aromatic rings. The Hall–Kier alpha value is -4.34. The molecule has 0 fully saturated rings. The van der Waals surface area contributed by atoms with Gasteiger partial charge in [-0.05, 0) is 75.6 Å². The number of alkyl halides is 4. The maximum Gasteiger partial charge on any atom is 0.422 e. The van der Waals surface area contributed by atoms with Gasteiger partial charge in [0.2, 0.25) is 11.9 Å². The number of nitrogens with one attached hydrogen (secondary N) is 3. The zero-order chi connectivity index (χ0) is 33.7. The molecule has 1 aromatic heterocycles. The first kappa shape index (κ1) is 36.1. The van der Waals surface area contributed by atoms with E-state index in [0.29, 0.717) is 30.0 Å². The SMILES string of the molecule is CC(C)(C)N(CCCNC(=O)c1ccc(Nc2nc(NCc3ccc(OCCCBr)cc3)nc(OCC(F)(F)F)n2)cc1)C(=O)O. The second-order valence-corrected chi connectivity index (χ2v) is 11.8. The Morgan fingerprint density at radius 3 is 2.22 bits per heavy atom. The molecule has 0 saturated carbocycles. The third kappa shape index (κ3) is 12.6. The molecule has 0 atom stereocenters. The molecular weight excluding hydrogens is 675 g/mol. The average molecular weight is 713 g/mol. The molecule has 12 nitrogen and oxygen atoms in total. The van der Waals surface area contributed by atoms with Crippen LogP contribution in [0.2, 0.25) is 0 Å². The van der Waals surface area contributed by atoms with Crippen LogP contribution in [0, 0.1) is 0 Å². The standard InChI is InChI=1S/C30H37BrF3N7O5/c1-29(2,3)41(28(43)44)16-5-15-35-24(42)21-8-10-22(11-9-21)37-26-38-25(39-27(40-26)46-19-30(32,33)34)36-18-20-6-12-23(13-7-20)45-17-4-14-31/h6-13H,4-5,14-19H2,1-3H3,(H,35,42)(H,43,44)(H2,36,37,38,39,40). The van der Waals surface area contributed by atoms with Crippen LogP contribution < -0.4 is 25.4 Å². The van der Waals surface area contributed by atoms with Crippen molar-refractivity contribution in [1.29, 1.82) is 0 Å². The minimum Gasteiger partial charge on any atom is -0.494 e. The molecule has 0 aliphatic rings. The van der Waals surface area contributed by atoms with Gasteiger partial charge in [0.05, 0.1) is 6.61 Å². The summed E-state index contributed by atoms with van der Waals surface area (Å²) < 4.78 is 48.8. The first-order chi connectivity index (χ1) is 21.7. The molecule has 0 unspecified atom stereocenters. The summed E-state index contributed by atoms with van der Waals surface area (Å²) >= 11 is 3.35. The lowest BCUT2D eigenvalue weighted by Gasteiger charge is -2.33. The zero-order valence-corrected chi connectivity index (χ0v) is 27.2. The van der Waals surface area contributed by atoms with Gasteiger partial charge in [-0.2, -0.15) is 28.1 Å². The second-order valence-electron chi connectivity index (χ2n) is 11.0. The van der Waals surface area contributed by atoms with Crippen LogP contribution in [0.5, 0.6) is 11.8 Å². The van der Waals surface area contributed by atoms with Gasteiger partial charge in [0, 0.05) is 41.8 Å². The van der Waals surface area contributed by atoms with Crippen LogP contribution in [-0.2, 0) is 6.54 Å². The highest BCUT2D eigenvalue weighted by atomic mass is 79.9. The molecule has 0 bridgehead atoms. The highest BCUT2D eigenvalue weighted by Gasteiger charge is 2.29. The number of benzene rings is 2. The monoisotopic (exact) mass is 711 g/mol. The van der Waals surface area contributed by atoms with Crippen molar-refractivity contribution >= 4 is 45.5 Å². The van der Waals surface area contributed by atoms with Gasteiger partial charge in [0.1, 0.15) is 5.75 Å². The van der Waals surface area contributed by atoms with Crippen molar-refractivity contribution in [3.8, 4) is 11.8 Å². The first-order valence-corrected chi connectivity index (χ1v) is 15.5. The number of halogens is 4.